The van der Waals surface area contributed by atoms with E-state index in [1.54, 1.807) is 13.8 Å². The van der Waals surface area contributed by atoms with Crippen molar-refractivity contribution in [3.63, 3.8) is 0 Å². The summed E-state index contributed by atoms with van der Waals surface area (Å²) in [4.78, 5) is 48.5. The Bertz CT molecular complexity index is 979. The zero-order valence-electron chi connectivity index (χ0n) is 24.3. The summed E-state index contributed by atoms with van der Waals surface area (Å²) >= 11 is 0. The first-order valence-electron chi connectivity index (χ1n) is 13.4. The van der Waals surface area contributed by atoms with Crippen LogP contribution in [0.2, 0.25) is 0 Å². The molecular formula is C28H43NO11. The smallest absolute Gasteiger partial charge is 0.480 e. The highest BCUT2D eigenvalue weighted by atomic mass is 16.7. The molecule has 0 bridgehead atoms. The lowest BCUT2D eigenvalue weighted by Crippen LogP contribution is -2.40. The first-order valence-corrected chi connectivity index (χ1v) is 13.4. The maximum absolute atomic E-state index is 12.3. The van der Waals surface area contributed by atoms with Crippen molar-refractivity contribution < 1.29 is 52.7 Å². The zero-order chi connectivity index (χ0) is 30.4. The molecule has 0 radical (unpaired) electrons. The van der Waals surface area contributed by atoms with Crippen LogP contribution in [-0.2, 0) is 23.7 Å². The molecule has 40 heavy (non-hydrogen) atoms. The number of hydrogen-bond acceptors (Lipinski definition) is 11. The van der Waals surface area contributed by atoms with E-state index in [0.717, 1.165) is 6.42 Å². The number of nitrogens with two attached hydrogens (primary N) is 1. The summed E-state index contributed by atoms with van der Waals surface area (Å²) in [5, 5.41) is 9.68. The average Bonchev–Trinajstić information content (AvgIpc) is 2.86. The van der Waals surface area contributed by atoms with Gasteiger partial charge in [0.1, 0.15) is 12.1 Å². The number of rotatable bonds is 15. The fraction of sp³-hybridized carbons (Fsp3) is 0.643. The Labute approximate surface area is 235 Å². The largest absolute Gasteiger partial charge is 0.513 e. The number of carbonyl (C=O) groups excluding carboxylic acids is 3. The summed E-state index contributed by atoms with van der Waals surface area (Å²) < 4.78 is 31.1. The van der Waals surface area contributed by atoms with Crippen LogP contribution in [0, 0.1) is 17.8 Å². The second-order valence-corrected chi connectivity index (χ2v) is 10.5. The van der Waals surface area contributed by atoms with Crippen molar-refractivity contribution in [1.29, 1.82) is 0 Å². The van der Waals surface area contributed by atoms with E-state index < -0.39 is 42.3 Å². The highest BCUT2D eigenvalue weighted by Gasteiger charge is 2.33. The molecule has 0 fully saturated rings. The third kappa shape index (κ3) is 12.5. The lowest BCUT2D eigenvalue weighted by molar-refractivity contribution is -0.139. The normalized spacial score (nSPS) is 14.1. The van der Waals surface area contributed by atoms with Crippen molar-refractivity contribution >= 4 is 24.4 Å². The third-order valence-electron chi connectivity index (χ3n) is 5.55. The average molecular weight is 570 g/mol. The lowest BCUT2D eigenvalue weighted by atomic mass is 9.82. The number of aliphatic carboxylic acids is 1. The highest BCUT2D eigenvalue weighted by Crippen LogP contribution is 2.36. The first-order chi connectivity index (χ1) is 18.7. The Morgan fingerprint density at radius 2 is 1.32 bits per heavy atom. The number of benzene rings is 1. The van der Waals surface area contributed by atoms with Crippen LogP contribution in [0.3, 0.4) is 0 Å². The van der Waals surface area contributed by atoms with Gasteiger partial charge in [0.15, 0.2) is 11.5 Å². The van der Waals surface area contributed by atoms with Crippen molar-refractivity contribution in [2.24, 2.45) is 23.5 Å². The van der Waals surface area contributed by atoms with Crippen LogP contribution < -0.4 is 15.2 Å². The van der Waals surface area contributed by atoms with Crippen LogP contribution in [0.1, 0.15) is 72.8 Å². The molecule has 4 atom stereocenters. The van der Waals surface area contributed by atoms with Gasteiger partial charge >= 0.3 is 24.4 Å². The van der Waals surface area contributed by atoms with Gasteiger partial charge in [0.05, 0.1) is 19.8 Å². The van der Waals surface area contributed by atoms with Gasteiger partial charge in [-0.05, 0) is 48.8 Å². The van der Waals surface area contributed by atoms with Crippen molar-refractivity contribution in [1.82, 2.24) is 0 Å². The van der Waals surface area contributed by atoms with E-state index in [-0.39, 0.29) is 49.3 Å². The minimum atomic E-state index is -1.42. The summed E-state index contributed by atoms with van der Waals surface area (Å²) in [5.74, 6) is -3.08. The van der Waals surface area contributed by atoms with E-state index in [4.69, 9.17) is 34.2 Å². The summed E-state index contributed by atoms with van der Waals surface area (Å²) in [6.07, 6.45) is -1.79. The van der Waals surface area contributed by atoms with Gasteiger partial charge in [-0.1, -0.05) is 54.0 Å². The molecule has 0 aliphatic carbocycles. The van der Waals surface area contributed by atoms with Gasteiger partial charge in [-0.2, -0.15) is 0 Å². The molecule has 0 saturated heterocycles. The molecule has 1 aromatic carbocycles. The van der Waals surface area contributed by atoms with E-state index >= 15 is 0 Å². The van der Waals surface area contributed by atoms with Gasteiger partial charge in [-0.25, -0.2) is 14.4 Å². The maximum atomic E-state index is 12.3. The number of ether oxygens (including phenoxy) is 6. The molecule has 0 spiro atoms. The molecule has 3 N–H and O–H groups in total. The molecule has 12 heteroatoms. The van der Waals surface area contributed by atoms with Gasteiger partial charge < -0.3 is 39.3 Å². The molecule has 0 aliphatic rings. The quantitative estimate of drug-likeness (QED) is 0.155. The lowest BCUT2D eigenvalue weighted by Gasteiger charge is -2.28. The molecule has 1 aromatic rings. The summed E-state index contributed by atoms with van der Waals surface area (Å²) in [5.41, 5.74) is 6.36. The first kappa shape index (κ1) is 34.5. The Morgan fingerprint density at radius 1 is 0.800 bits per heavy atom. The van der Waals surface area contributed by atoms with Gasteiger partial charge in [-0.3, -0.25) is 4.79 Å². The van der Waals surface area contributed by atoms with Crippen LogP contribution in [0.5, 0.6) is 11.5 Å². The van der Waals surface area contributed by atoms with E-state index in [1.807, 2.05) is 34.6 Å². The summed E-state index contributed by atoms with van der Waals surface area (Å²) in [6, 6.07) is 2.71. The van der Waals surface area contributed by atoms with Crippen molar-refractivity contribution in [2.75, 3.05) is 19.8 Å². The minimum absolute atomic E-state index is 0.0380. The zero-order valence-corrected chi connectivity index (χ0v) is 24.3. The van der Waals surface area contributed by atoms with E-state index in [1.165, 1.54) is 18.2 Å². The van der Waals surface area contributed by atoms with Crippen molar-refractivity contribution in [3.8, 4) is 11.5 Å². The Morgan fingerprint density at radius 3 is 1.82 bits per heavy atom. The molecule has 226 valence electrons. The van der Waals surface area contributed by atoms with Gasteiger partial charge in [0.2, 0.25) is 0 Å². The fourth-order valence-electron chi connectivity index (χ4n) is 3.61. The Kier molecular flexibility index (Phi) is 14.8. The molecule has 12 nitrogen and oxygen atoms in total. The second kappa shape index (κ2) is 17.2. The van der Waals surface area contributed by atoms with Gasteiger partial charge in [-0.15, -0.1) is 0 Å². The SMILES string of the molecule is CCCC(C)OC(=O)OCC(C)C(c1ccc(OC(=O)OCC(C)C)c(OC(=O)OCC(C)C)c1)[C@H](N)C(=O)O. The Hall–Kier alpha value is -3.54. The van der Waals surface area contributed by atoms with Crippen molar-refractivity contribution in [2.45, 2.75) is 79.4 Å². The molecule has 0 aromatic heterocycles. The fourth-order valence-corrected chi connectivity index (χ4v) is 3.61. The molecule has 0 heterocycles. The number of hydrogen-bond donors (Lipinski definition) is 2. The van der Waals surface area contributed by atoms with Gasteiger partial charge in [0.25, 0.3) is 0 Å². The van der Waals surface area contributed by atoms with E-state index in [2.05, 4.69) is 0 Å². The number of carboxylic acids is 1. The molecule has 0 aliphatic heterocycles. The minimum Gasteiger partial charge on any atom is -0.480 e. The summed E-state index contributed by atoms with van der Waals surface area (Å²) in [6.45, 7) is 12.7. The molecule has 1 rings (SSSR count). The second-order valence-electron chi connectivity index (χ2n) is 10.5. The third-order valence-corrected chi connectivity index (χ3v) is 5.55. The standard InChI is InChI=1S/C28H43NO11/c1-8-9-19(7)38-26(32)37-15-18(6)23(24(29)25(30)31)20-10-11-21(39-27(33)35-13-16(2)3)22(12-20)40-28(34)36-14-17(4)5/h10-12,16-19,23-24H,8-9,13-15,29H2,1-7H3,(H,30,31)/t18?,19?,23?,24-/m0/s1. The molecule has 3 unspecified atom stereocenters. The van der Waals surface area contributed by atoms with Crippen LogP contribution in [0.4, 0.5) is 14.4 Å². The topological polar surface area (TPSA) is 170 Å². The monoisotopic (exact) mass is 569 g/mol. The van der Waals surface area contributed by atoms with Crippen LogP contribution >= 0.6 is 0 Å². The van der Waals surface area contributed by atoms with Gasteiger partial charge in [0, 0.05) is 5.92 Å². The van der Waals surface area contributed by atoms with Crippen molar-refractivity contribution in [3.05, 3.63) is 23.8 Å². The van der Waals surface area contributed by atoms with Crippen LogP contribution in [-0.4, -0.2) is 61.5 Å². The highest BCUT2D eigenvalue weighted by molar-refractivity contribution is 5.75. The van der Waals surface area contributed by atoms with Crippen LogP contribution in [0.15, 0.2) is 18.2 Å². The molecule has 0 saturated carbocycles. The van der Waals surface area contributed by atoms with E-state index in [9.17, 15) is 24.3 Å². The van der Waals surface area contributed by atoms with Crippen LogP contribution in [0.25, 0.3) is 0 Å². The molecular weight excluding hydrogens is 526 g/mol. The Balaban J connectivity index is 3.27. The summed E-state index contributed by atoms with van der Waals surface area (Å²) in [7, 11) is 0. The maximum Gasteiger partial charge on any atom is 0.513 e. The molecule has 0 amide bonds. The number of carbonyl (C=O) groups is 4. The predicted molar refractivity (Wildman–Crippen MR) is 144 cm³/mol. The van der Waals surface area contributed by atoms with E-state index in [0.29, 0.717) is 12.0 Å². The predicted octanol–water partition coefficient (Wildman–Crippen LogP) is 5.50. The number of carboxylic acid groups (broad SMARTS) is 1.